The van der Waals surface area contributed by atoms with E-state index in [2.05, 4.69) is 21.2 Å². The van der Waals surface area contributed by atoms with Gasteiger partial charge >= 0.3 is 0 Å². The highest BCUT2D eigenvalue weighted by atomic mass is 79.9. The first-order valence-electron chi connectivity index (χ1n) is 5.57. The van der Waals surface area contributed by atoms with Gasteiger partial charge in [0.15, 0.2) is 6.61 Å². The Kier molecular flexibility index (Phi) is 4.52. The van der Waals surface area contributed by atoms with Gasteiger partial charge in [0.1, 0.15) is 11.6 Å². The number of halogens is 2. The van der Waals surface area contributed by atoms with Gasteiger partial charge in [0.05, 0.1) is 0 Å². The van der Waals surface area contributed by atoms with E-state index in [-0.39, 0.29) is 18.3 Å². The summed E-state index contributed by atoms with van der Waals surface area (Å²) in [5.74, 6) is -0.167. The number of rotatable bonds is 4. The Morgan fingerprint density at radius 3 is 2.63 bits per heavy atom. The van der Waals surface area contributed by atoms with E-state index in [0.717, 1.165) is 4.47 Å². The van der Waals surface area contributed by atoms with E-state index in [9.17, 15) is 9.18 Å². The molecule has 0 aromatic heterocycles. The number of hydrogen-bond acceptors (Lipinski definition) is 2. The molecular formula is C14H11BrFNO2. The van der Waals surface area contributed by atoms with Crippen molar-refractivity contribution in [2.45, 2.75) is 0 Å². The highest BCUT2D eigenvalue weighted by molar-refractivity contribution is 9.10. The van der Waals surface area contributed by atoms with E-state index in [1.54, 1.807) is 12.1 Å². The molecule has 0 spiro atoms. The van der Waals surface area contributed by atoms with E-state index in [1.165, 1.54) is 24.3 Å². The van der Waals surface area contributed by atoms with Crippen LogP contribution in [0.4, 0.5) is 10.1 Å². The topological polar surface area (TPSA) is 38.3 Å². The van der Waals surface area contributed by atoms with Gasteiger partial charge in [-0.1, -0.05) is 22.0 Å². The summed E-state index contributed by atoms with van der Waals surface area (Å²) >= 11 is 3.32. The number of carbonyl (C=O) groups is 1. The molecule has 0 aliphatic rings. The van der Waals surface area contributed by atoms with Crippen LogP contribution in [0.2, 0.25) is 0 Å². The van der Waals surface area contributed by atoms with Crippen molar-refractivity contribution >= 4 is 27.5 Å². The van der Waals surface area contributed by atoms with Gasteiger partial charge < -0.3 is 10.1 Å². The Morgan fingerprint density at radius 1 is 1.21 bits per heavy atom. The summed E-state index contributed by atoms with van der Waals surface area (Å²) in [5, 5.41) is 2.70. The van der Waals surface area contributed by atoms with Crippen LogP contribution in [-0.4, -0.2) is 12.5 Å². The monoisotopic (exact) mass is 323 g/mol. The number of nitrogens with one attached hydrogen (secondary N) is 1. The molecule has 0 saturated heterocycles. The van der Waals surface area contributed by atoms with E-state index in [4.69, 9.17) is 4.74 Å². The van der Waals surface area contributed by atoms with Gasteiger partial charge in [-0.25, -0.2) is 4.39 Å². The van der Waals surface area contributed by atoms with E-state index >= 15 is 0 Å². The molecule has 98 valence electrons. The van der Waals surface area contributed by atoms with Crippen molar-refractivity contribution in [2.24, 2.45) is 0 Å². The van der Waals surface area contributed by atoms with E-state index in [0.29, 0.717) is 11.4 Å². The second kappa shape index (κ2) is 6.33. The lowest BCUT2D eigenvalue weighted by Crippen LogP contribution is -2.20. The van der Waals surface area contributed by atoms with Crippen LogP contribution >= 0.6 is 15.9 Å². The maximum absolute atomic E-state index is 12.7. The zero-order valence-corrected chi connectivity index (χ0v) is 11.5. The molecule has 2 aromatic carbocycles. The largest absolute Gasteiger partial charge is 0.484 e. The van der Waals surface area contributed by atoms with Crippen molar-refractivity contribution in [3.63, 3.8) is 0 Å². The third kappa shape index (κ3) is 4.37. The minimum Gasteiger partial charge on any atom is -0.484 e. The fourth-order valence-corrected chi connectivity index (χ4v) is 1.84. The quantitative estimate of drug-likeness (QED) is 0.933. The zero-order chi connectivity index (χ0) is 13.7. The van der Waals surface area contributed by atoms with E-state index in [1.807, 2.05) is 12.1 Å². The predicted molar refractivity (Wildman–Crippen MR) is 74.7 cm³/mol. The van der Waals surface area contributed by atoms with Gasteiger partial charge in [-0.05, 0) is 42.5 Å². The van der Waals surface area contributed by atoms with Crippen LogP contribution in [-0.2, 0) is 4.79 Å². The molecule has 0 aliphatic heterocycles. The van der Waals surface area contributed by atoms with Crippen molar-refractivity contribution in [3.8, 4) is 5.75 Å². The number of ether oxygens (including phenoxy) is 1. The molecule has 3 nitrogen and oxygen atoms in total. The summed E-state index contributed by atoms with van der Waals surface area (Å²) in [7, 11) is 0. The van der Waals surface area contributed by atoms with Crippen LogP contribution in [0.5, 0.6) is 5.75 Å². The molecule has 0 aliphatic carbocycles. The molecule has 5 heteroatoms. The van der Waals surface area contributed by atoms with Gasteiger partial charge in [-0.15, -0.1) is 0 Å². The molecule has 1 amide bonds. The van der Waals surface area contributed by atoms with Gasteiger partial charge in [0.2, 0.25) is 0 Å². The average Bonchev–Trinajstić information content (AvgIpc) is 2.38. The number of anilines is 1. The third-order valence-electron chi connectivity index (χ3n) is 2.29. The van der Waals surface area contributed by atoms with Crippen molar-refractivity contribution in [3.05, 3.63) is 58.8 Å². The first-order chi connectivity index (χ1) is 9.13. The SMILES string of the molecule is O=C(COc1ccc(F)cc1)Nc1cccc(Br)c1. The number of benzene rings is 2. The first-order valence-corrected chi connectivity index (χ1v) is 6.36. The summed E-state index contributed by atoms with van der Waals surface area (Å²) in [6.45, 7) is -0.127. The smallest absolute Gasteiger partial charge is 0.262 e. The average molecular weight is 324 g/mol. The molecule has 19 heavy (non-hydrogen) atoms. The fraction of sp³-hybridized carbons (Fsp3) is 0.0714. The van der Waals surface area contributed by atoms with Gasteiger partial charge in [0, 0.05) is 10.2 Å². The molecule has 0 unspecified atom stereocenters. The standard InChI is InChI=1S/C14H11BrFNO2/c15-10-2-1-3-12(8-10)17-14(18)9-19-13-6-4-11(16)5-7-13/h1-8H,9H2,(H,17,18). The zero-order valence-electron chi connectivity index (χ0n) is 9.90. The summed E-state index contributed by atoms with van der Waals surface area (Å²) in [6.07, 6.45) is 0. The Balaban J connectivity index is 1.86. The van der Waals surface area contributed by atoms with Crippen LogP contribution in [0.3, 0.4) is 0 Å². The number of hydrogen-bond donors (Lipinski definition) is 1. The molecule has 2 aromatic rings. The molecule has 0 heterocycles. The Labute approximate surface area is 118 Å². The predicted octanol–water partition coefficient (Wildman–Crippen LogP) is 3.61. The molecular weight excluding hydrogens is 313 g/mol. The van der Waals surface area contributed by atoms with Crippen LogP contribution < -0.4 is 10.1 Å². The van der Waals surface area contributed by atoms with Crippen molar-refractivity contribution < 1.29 is 13.9 Å². The van der Waals surface area contributed by atoms with Gasteiger partial charge in [-0.2, -0.15) is 0 Å². The maximum Gasteiger partial charge on any atom is 0.262 e. The lowest BCUT2D eigenvalue weighted by Gasteiger charge is -2.07. The second-order valence-corrected chi connectivity index (χ2v) is 4.72. The highest BCUT2D eigenvalue weighted by Gasteiger charge is 2.04. The molecule has 1 N–H and O–H groups in total. The lowest BCUT2D eigenvalue weighted by molar-refractivity contribution is -0.118. The normalized spacial score (nSPS) is 10.0. The van der Waals surface area contributed by atoms with Crippen LogP contribution in [0.25, 0.3) is 0 Å². The summed E-state index contributed by atoms with van der Waals surface area (Å²) < 4.78 is 18.8. The fourth-order valence-electron chi connectivity index (χ4n) is 1.44. The molecule has 0 radical (unpaired) electrons. The van der Waals surface area contributed by atoms with Crippen LogP contribution in [0.15, 0.2) is 53.0 Å². The van der Waals surface area contributed by atoms with Gasteiger partial charge in [-0.3, -0.25) is 4.79 Å². The van der Waals surface area contributed by atoms with Crippen molar-refractivity contribution in [1.82, 2.24) is 0 Å². The van der Waals surface area contributed by atoms with Crippen molar-refractivity contribution in [2.75, 3.05) is 11.9 Å². The van der Waals surface area contributed by atoms with E-state index < -0.39 is 0 Å². The molecule has 2 rings (SSSR count). The minimum absolute atomic E-state index is 0.127. The molecule has 0 atom stereocenters. The molecule has 0 fully saturated rings. The Morgan fingerprint density at radius 2 is 1.95 bits per heavy atom. The Hall–Kier alpha value is -1.88. The lowest BCUT2D eigenvalue weighted by atomic mass is 10.3. The second-order valence-electron chi connectivity index (χ2n) is 3.80. The maximum atomic E-state index is 12.7. The van der Waals surface area contributed by atoms with Crippen LogP contribution in [0, 0.1) is 5.82 Å². The number of amides is 1. The number of carbonyl (C=O) groups excluding carboxylic acids is 1. The summed E-state index contributed by atoms with van der Waals surface area (Å²) in [4.78, 5) is 11.6. The minimum atomic E-state index is -0.342. The Bertz CT molecular complexity index is 572. The summed E-state index contributed by atoms with van der Waals surface area (Å²) in [5.41, 5.74) is 0.682. The highest BCUT2D eigenvalue weighted by Crippen LogP contribution is 2.16. The molecule has 0 bridgehead atoms. The summed E-state index contributed by atoms with van der Waals surface area (Å²) in [6, 6.07) is 12.8. The third-order valence-corrected chi connectivity index (χ3v) is 2.79. The molecule has 0 saturated carbocycles. The van der Waals surface area contributed by atoms with Crippen LogP contribution in [0.1, 0.15) is 0 Å². The first kappa shape index (κ1) is 13.5. The van der Waals surface area contributed by atoms with Gasteiger partial charge in [0.25, 0.3) is 5.91 Å². The van der Waals surface area contributed by atoms with Crippen molar-refractivity contribution in [1.29, 1.82) is 0 Å².